The van der Waals surface area contributed by atoms with E-state index in [9.17, 15) is 4.79 Å². The lowest BCUT2D eigenvalue weighted by molar-refractivity contribution is 0.0697. The van der Waals surface area contributed by atoms with Gasteiger partial charge in [-0.25, -0.2) is 14.8 Å². The number of hydrogen-bond donors (Lipinski definition) is 2. The second-order valence-electron chi connectivity index (χ2n) is 6.61. The normalized spacial score (nSPS) is 16.6. The Bertz CT molecular complexity index is 934. The largest absolute Gasteiger partial charge is 0.478 e. The Hall–Kier alpha value is -2.47. The number of carboxylic acids is 1. The van der Waals surface area contributed by atoms with Crippen LogP contribution in [0.2, 0.25) is 0 Å². The van der Waals surface area contributed by atoms with Crippen LogP contribution in [-0.4, -0.2) is 21.0 Å². The monoisotopic (exact) mass is 353 g/mol. The summed E-state index contributed by atoms with van der Waals surface area (Å²) in [6, 6.07) is 6.92. The summed E-state index contributed by atoms with van der Waals surface area (Å²) >= 11 is 1.79. The number of fused-ring (bicyclic) bond motifs is 3. The maximum Gasteiger partial charge on any atom is 0.335 e. The van der Waals surface area contributed by atoms with Crippen LogP contribution in [0.25, 0.3) is 10.2 Å². The molecule has 0 spiro atoms. The van der Waals surface area contributed by atoms with E-state index in [1.165, 1.54) is 16.9 Å². The fourth-order valence-corrected chi connectivity index (χ4v) is 4.71. The molecule has 1 atom stereocenters. The van der Waals surface area contributed by atoms with Gasteiger partial charge in [0.25, 0.3) is 0 Å². The SMILES string of the molecule is C[C@@H]1CCc2c(sc3ncnc(NCc4ccc(C(=O)O)cc4)c23)C1. The minimum atomic E-state index is -0.906. The first-order valence-electron chi connectivity index (χ1n) is 8.43. The average molecular weight is 353 g/mol. The average Bonchev–Trinajstić information content (AvgIpc) is 2.98. The molecule has 0 radical (unpaired) electrons. The van der Waals surface area contributed by atoms with Gasteiger partial charge >= 0.3 is 5.97 Å². The van der Waals surface area contributed by atoms with Crippen molar-refractivity contribution in [1.29, 1.82) is 0 Å². The molecule has 6 heteroatoms. The highest BCUT2D eigenvalue weighted by molar-refractivity contribution is 7.19. The van der Waals surface area contributed by atoms with Crippen molar-refractivity contribution in [3.05, 3.63) is 52.2 Å². The molecule has 25 heavy (non-hydrogen) atoms. The number of thiophene rings is 1. The van der Waals surface area contributed by atoms with Crippen LogP contribution in [0.4, 0.5) is 5.82 Å². The molecular weight excluding hydrogens is 334 g/mol. The molecule has 2 heterocycles. The number of hydrogen-bond acceptors (Lipinski definition) is 5. The van der Waals surface area contributed by atoms with Crippen LogP contribution < -0.4 is 5.32 Å². The summed E-state index contributed by atoms with van der Waals surface area (Å²) in [6.07, 6.45) is 5.05. The number of benzene rings is 1. The molecule has 0 aliphatic heterocycles. The summed E-state index contributed by atoms with van der Waals surface area (Å²) in [7, 11) is 0. The number of aromatic carboxylic acids is 1. The standard InChI is InChI=1S/C19H19N3O2S/c1-11-2-7-14-15(8-11)25-18-16(14)17(21-10-22-18)20-9-12-3-5-13(6-4-12)19(23)24/h3-6,10-11H,2,7-9H2,1H3,(H,23,24)(H,20,21,22)/t11-/m1/s1. The summed E-state index contributed by atoms with van der Waals surface area (Å²) in [6.45, 7) is 2.91. The first kappa shape index (κ1) is 16.0. The Morgan fingerprint density at radius 1 is 1.32 bits per heavy atom. The van der Waals surface area contributed by atoms with E-state index in [0.29, 0.717) is 12.1 Å². The molecule has 0 fully saturated rings. The Balaban J connectivity index is 1.60. The van der Waals surface area contributed by atoms with Crippen LogP contribution in [0.15, 0.2) is 30.6 Å². The van der Waals surface area contributed by atoms with E-state index in [4.69, 9.17) is 5.11 Å². The van der Waals surface area contributed by atoms with E-state index in [0.717, 1.165) is 40.4 Å². The van der Waals surface area contributed by atoms with E-state index >= 15 is 0 Å². The number of nitrogens with one attached hydrogen (secondary N) is 1. The lowest BCUT2D eigenvalue weighted by Gasteiger charge is -2.18. The summed E-state index contributed by atoms with van der Waals surface area (Å²) in [4.78, 5) is 22.4. The topological polar surface area (TPSA) is 75.1 Å². The quantitative estimate of drug-likeness (QED) is 0.738. The van der Waals surface area contributed by atoms with Crippen LogP contribution in [0.5, 0.6) is 0 Å². The van der Waals surface area contributed by atoms with Gasteiger partial charge in [0.15, 0.2) is 0 Å². The molecule has 1 aromatic carbocycles. The molecule has 3 aromatic rings. The van der Waals surface area contributed by atoms with Crippen molar-refractivity contribution in [2.45, 2.75) is 32.7 Å². The predicted molar refractivity (Wildman–Crippen MR) is 99.3 cm³/mol. The molecule has 128 valence electrons. The van der Waals surface area contributed by atoms with Gasteiger partial charge in [-0.05, 0) is 48.4 Å². The second kappa shape index (κ2) is 6.44. The first-order valence-corrected chi connectivity index (χ1v) is 9.25. The Labute approximate surface area is 149 Å². The molecular formula is C19H19N3O2S. The number of nitrogens with zero attached hydrogens (tertiary/aromatic N) is 2. The van der Waals surface area contributed by atoms with Gasteiger partial charge in [0.2, 0.25) is 0 Å². The summed E-state index contributed by atoms with van der Waals surface area (Å²) < 4.78 is 0. The maximum absolute atomic E-state index is 10.9. The minimum absolute atomic E-state index is 0.300. The number of aryl methyl sites for hydroxylation is 1. The van der Waals surface area contributed by atoms with E-state index in [1.54, 1.807) is 29.8 Å². The number of rotatable bonds is 4. The van der Waals surface area contributed by atoms with Crippen molar-refractivity contribution in [3.63, 3.8) is 0 Å². The van der Waals surface area contributed by atoms with Crippen molar-refractivity contribution in [2.24, 2.45) is 5.92 Å². The van der Waals surface area contributed by atoms with Gasteiger partial charge in [-0.15, -0.1) is 11.3 Å². The zero-order valence-electron chi connectivity index (χ0n) is 14.0. The lowest BCUT2D eigenvalue weighted by atomic mass is 9.89. The van der Waals surface area contributed by atoms with Gasteiger partial charge in [-0.2, -0.15) is 0 Å². The highest BCUT2D eigenvalue weighted by atomic mass is 32.1. The fraction of sp³-hybridized carbons (Fsp3) is 0.316. The highest BCUT2D eigenvalue weighted by Crippen LogP contribution is 2.39. The molecule has 1 aliphatic rings. The zero-order chi connectivity index (χ0) is 17.4. The molecule has 2 aromatic heterocycles. The Kier molecular flexibility index (Phi) is 4.13. The van der Waals surface area contributed by atoms with E-state index < -0.39 is 5.97 Å². The van der Waals surface area contributed by atoms with E-state index in [-0.39, 0.29) is 0 Å². The first-order chi connectivity index (χ1) is 12.1. The van der Waals surface area contributed by atoms with E-state index in [1.807, 2.05) is 12.1 Å². The Morgan fingerprint density at radius 2 is 2.12 bits per heavy atom. The number of carbonyl (C=O) groups is 1. The maximum atomic E-state index is 10.9. The third kappa shape index (κ3) is 3.09. The van der Waals surface area contributed by atoms with Crippen molar-refractivity contribution < 1.29 is 9.90 Å². The number of carboxylic acid groups (broad SMARTS) is 1. The van der Waals surface area contributed by atoms with Crippen LogP contribution in [0.3, 0.4) is 0 Å². The zero-order valence-corrected chi connectivity index (χ0v) is 14.8. The smallest absolute Gasteiger partial charge is 0.335 e. The van der Waals surface area contributed by atoms with Gasteiger partial charge in [-0.1, -0.05) is 19.1 Å². The molecule has 0 unspecified atom stereocenters. The van der Waals surface area contributed by atoms with Crippen molar-refractivity contribution in [3.8, 4) is 0 Å². The molecule has 0 saturated carbocycles. The van der Waals surface area contributed by atoms with Gasteiger partial charge < -0.3 is 10.4 Å². The molecule has 5 nitrogen and oxygen atoms in total. The van der Waals surface area contributed by atoms with Crippen LogP contribution >= 0.6 is 11.3 Å². The summed E-state index contributed by atoms with van der Waals surface area (Å²) in [5.41, 5.74) is 2.73. The summed E-state index contributed by atoms with van der Waals surface area (Å²) in [5, 5.41) is 13.5. The van der Waals surface area contributed by atoms with Crippen molar-refractivity contribution in [2.75, 3.05) is 5.32 Å². The fourth-order valence-electron chi connectivity index (χ4n) is 3.36. The molecule has 4 rings (SSSR count). The summed E-state index contributed by atoms with van der Waals surface area (Å²) in [5.74, 6) is 0.702. The van der Waals surface area contributed by atoms with Gasteiger partial charge in [0, 0.05) is 11.4 Å². The highest BCUT2D eigenvalue weighted by Gasteiger charge is 2.22. The molecule has 0 amide bonds. The van der Waals surface area contributed by atoms with Crippen LogP contribution in [0, 0.1) is 5.92 Å². The second-order valence-corrected chi connectivity index (χ2v) is 7.69. The molecule has 2 N–H and O–H groups in total. The van der Waals surface area contributed by atoms with Crippen molar-refractivity contribution >= 4 is 33.3 Å². The number of anilines is 1. The number of aromatic nitrogens is 2. The molecule has 0 bridgehead atoms. The van der Waals surface area contributed by atoms with Crippen molar-refractivity contribution in [1.82, 2.24) is 9.97 Å². The third-order valence-electron chi connectivity index (χ3n) is 4.75. The predicted octanol–water partition coefficient (Wildman–Crippen LogP) is 4.13. The molecule has 1 aliphatic carbocycles. The van der Waals surface area contributed by atoms with Crippen LogP contribution in [0.1, 0.15) is 39.7 Å². The van der Waals surface area contributed by atoms with Gasteiger partial charge in [-0.3, -0.25) is 0 Å². The Morgan fingerprint density at radius 3 is 2.88 bits per heavy atom. The minimum Gasteiger partial charge on any atom is -0.478 e. The third-order valence-corrected chi connectivity index (χ3v) is 5.91. The van der Waals surface area contributed by atoms with Gasteiger partial charge in [0.05, 0.1) is 10.9 Å². The lowest BCUT2D eigenvalue weighted by Crippen LogP contribution is -2.09. The molecule has 0 saturated heterocycles. The van der Waals surface area contributed by atoms with Gasteiger partial charge in [0.1, 0.15) is 17.0 Å². The van der Waals surface area contributed by atoms with Crippen LogP contribution in [-0.2, 0) is 19.4 Å². The van der Waals surface area contributed by atoms with E-state index in [2.05, 4.69) is 22.2 Å².